The average Bonchev–Trinajstić information content (AvgIpc) is 2.17. The third-order valence-corrected chi connectivity index (χ3v) is 1.77. The van der Waals surface area contributed by atoms with Gasteiger partial charge in [-0.15, -0.1) is 0 Å². The van der Waals surface area contributed by atoms with E-state index in [9.17, 15) is 4.79 Å². The fourth-order valence-corrected chi connectivity index (χ4v) is 1.04. The molecule has 0 fully saturated rings. The van der Waals surface area contributed by atoms with Crippen molar-refractivity contribution in [3.63, 3.8) is 0 Å². The van der Waals surface area contributed by atoms with Crippen LogP contribution in [0.1, 0.15) is 6.92 Å². The van der Waals surface area contributed by atoms with Crippen LogP contribution in [0.2, 0.25) is 0 Å². The number of anilines is 1. The van der Waals surface area contributed by atoms with Crippen LogP contribution >= 0.6 is 0 Å². The molecule has 3 nitrogen and oxygen atoms in total. The molecule has 0 aliphatic rings. The third kappa shape index (κ3) is 2.62. The largest absolute Gasteiger partial charge is 0.325 e. The number of urea groups is 1. The van der Waals surface area contributed by atoms with E-state index < -0.39 is 0 Å². The topological polar surface area (TPSA) is 32.3 Å². The number of carbonyl (C=O) groups is 1. The predicted octanol–water partition coefficient (Wildman–Crippen LogP) is 2.37. The summed E-state index contributed by atoms with van der Waals surface area (Å²) in [6.07, 6.45) is 0. The number of hydrogen-bond donors (Lipinski definition) is 1. The highest BCUT2D eigenvalue weighted by molar-refractivity contribution is 5.92. The van der Waals surface area contributed by atoms with Crippen LogP contribution in [0.3, 0.4) is 0 Å². The van der Waals surface area contributed by atoms with Crippen molar-refractivity contribution in [3.05, 3.63) is 42.6 Å². The van der Waals surface area contributed by atoms with Crippen LogP contribution in [0.5, 0.6) is 0 Å². The minimum absolute atomic E-state index is 0.177. The van der Waals surface area contributed by atoms with Crippen molar-refractivity contribution in [1.29, 1.82) is 0 Å². The van der Waals surface area contributed by atoms with E-state index >= 15 is 0 Å². The van der Waals surface area contributed by atoms with Crippen LogP contribution in [0, 0.1) is 0 Å². The molecule has 1 rings (SSSR count). The summed E-state index contributed by atoms with van der Waals surface area (Å²) in [5, 5.41) is 2.63. The second kappa shape index (κ2) is 4.46. The number of hydrogen-bond acceptors (Lipinski definition) is 1. The summed E-state index contributed by atoms with van der Waals surface area (Å²) in [5.74, 6) is 0. The van der Waals surface area contributed by atoms with Gasteiger partial charge in [-0.3, -0.25) is 4.90 Å². The lowest BCUT2D eigenvalue weighted by atomic mass is 10.3. The third-order valence-electron chi connectivity index (χ3n) is 1.77. The quantitative estimate of drug-likeness (QED) is 0.762. The summed E-state index contributed by atoms with van der Waals surface area (Å²) < 4.78 is 0. The smallest absolute Gasteiger partial charge is 0.312 e. The van der Waals surface area contributed by atoms with E-state index in [0.717, 1.165) is 5.69 Å². The number of benzene rings is 1. The van der Waals surface area contributed by atoms with Gasteiger partial charge in [-0.05, 0) is 19.1 Å². The molecule has 0 radical (unpaired) electrons. The molecule has 0 atom stereocenters. The maximum absolute atomic E-state index is 11.5. The zero-order valence-corrected chi connectivity index (χ0v) is 8.45. The molecule has 0 saturated heterocycles. The normalized spacial score (nSPS) is 9.29. The summed E-state index contributed by atoms with van der Waals surface area (Å²) in [6, 6.07) is 9.26. The molecule has 0 bridgehead atoms. The number of allylic oxidation sites excluding steroid dienone is 1. The number of carbonyl (C=O) groups excluding carboxylic acids is 1. The Morgan fingerprint density at radius 1 is 1.36 bits per heavy atom. The lowest BCUT2D eigenvalue weighted by Gasteiger charge is -2.17. The van der Waals surface area contributed by atoms with Gasteiger partial charge in [0.1, 0.15) is 0 Å². The van der Waals surface area contributed by atoms with Gasteiger partial charge in [-0.1, -0.05) is 24.8 Å². The van der Waals surface area contributed by atoms with E-state index in [1.165, 1.54) is 4.90 Å². The molecule has 0 saturated carbocycles. The first-order valence-corrected chi connectivity index (χ1v) is 4.36. The van der Waals surface area contributed by atoms with Crippen molar-refractivity contribution in [2.24, 2.45) is 0 Å². The first kappa shape index (κ1) is 10.3. The Morgan fingerprint density at radius 3 is 2.43 bits per heavy atom. The Kier molecular flexibility index (Phi) is 3.29. The molecule has 1 aromatic rings. The lowest BCUT2D eigenvalue weighted by Crippen LogP contribution is -2.35. The molecular weight excluding hydrogens is 176 g/mol. The molecule has 1 N–H and O–H groups in total. The number of nitrogens with zero attached hydrogens (tertiary/aromatic N) is 1. The fourth-order valence-electron chi connectivity index (χ4n) is 1.04. The maximum Gasteiger partial charge on any atom is 0.325 e. The van der Waals surface area contributed by atoms with Crippen LogP contribution in [0.15, 0.2) is 42.6 Å². The summed E-state index contributed by atoms with van der Waals surface area (Å²) in [5.41, 5.74) is 1.49. The number of nitrogens with one attached hydrogen (secondary N) is 1. The summed E-state index contributed by atoms with van der Waals surface area (Å²) >= 11 is 0. The molecule has 0 aromatic heterocycles. The SMILES string of the molecule is C=C(C)NC(=O)N(C)c1ccccc1. The Hall–Kier alpha value is -1.77. The number of rotatable bonds is 2. The van der Waals surface area contributed by atoms with Crippen molar-refractivity contribution >= 4 is 11.7 Å². The summed E-state index contributed by atoms with van der Waals surface area (Å²) in [4.78, 5) is 13.0. The Balaban J connectivity index is 2.71. The first-order valence-electron chi connectivity index (χ1n) is 4.36. The van der Waals surface area contributed by atoms with E-state index in [2.05, 4.69) is 11.9 Å². The molecule has 0 unspecified atom stereocenters. The lowest BCUT2D eigenvalue weighted by molar-refractivity contribution is 0.250. The molecule has 1 aromatic carbocycles. The van der Waals surface area contributed by atoms with E-state index in [4.69, 9.17) is 0 Å². The second-order valence-electron chi connectivity index (χ2n) is 3.11. The minimum Gasteiger partial charge on any atom is -0.312 e. The molecule has 3 heteroatoms. The van der Waals surface area contributed by atoms with Crippen LogP contribution in [-0.2, 0) is 0 Å². The molecule has 0 heterocycles. The van der Waals surface area contributed by atoms with Gasteiger partial charge in [0.25, 0.3) is 0 Å². The minimum atomic E-state index is -0.177. The standard InChI is InChI=1S/C11H14N2O/c1-9(2)12-11(14)13(3)10-7-5-4-6-8-10/h4-8H,1H2,2-3H3,(H,12,14). The Bertz CT molecular complexity index is 332. The van der Waals surface area contributed by atoms with E-state index in [-0.39, 0.29) is 6.03 Å². The molecule has 0 aliphatic carbocycles. The van der Waals surface area contributed by atoms with E-state index in [0.29, 0.717) is 5.70 Å². The van der Waals surface area contributed by atoms with Crippen molar-refractivity contribution in [3.8, 4) is 0 Å². The highest BCUT2D eigenvalue weighted by Gasteiger charge is 2.08. The van der Waals surface area contributed by atoms with E-state index in [1.54, 1.807) is 14.0 Å². The Morgan fingerprint density at radius 2 is 1.93 bits per heavy atom. The van der Waals surface area contributed by atoms with Gasteiger partial charge in [-0.25, -0.2) is 4.79 Å². The van der Waals surface area contributed by atoms with E-state index in [1.807, 2.05) is 30.3 Å². The zero-order chi connectivity index (χ0) is 10.6. The van der Waals surface area contributed by atoms with Crippen LogP contribution in [0.4, 0.5) is 10.5 Å². The molecule has 0 aliphatic heterocycles. The fraction of sp³-hybridized carbons (Fsp3) is 0.182. The molecular formula is C11H14N2O. The number of para-hydroxylation sites is 1. The predicted molar refractivity (Wildman–Crippen MR) is 58.2 cm³/mol. The monoisotopic (exact) mass is 190 g/mol. The zero-order valence-electron chi connectivity index (χ0n) is 8.45. The highest BCUT2D eigenvalue weighted by atomic mass is 16.2. The molecule has 0 spiro atoms. The van der Waals surface area contributed by atoms with Crippen molar-refractivity contribution < 1.29 is 4.79 Å². The highest BCUT2D eigenvalue weighted by Crippen LogP contribution is 2.10. The summed E-state index contributed by atoms with van der Waals surface area (Å²) in [7, 11) is 1.72. The van der Waals surface area contributed by atoms with Crippen LogP contribution < -0.4 is 10.2 Å². The van der Waals surface area contributed by atoms with Gasteiger partial charge in [0, 0.05) is 18.4 Å². The summed E-state index contributed by atoms with van der Waals surface area (Å²) in [6.45, 7) is 5.36. The van der Waals surface area contributed by atoms with Gasteiger partial charge in [0.15, 0.2) is 0 Å². The van der Waals surface area contributed by atoms with Gasteiger partial charge in [-0.2, -0.15) is 0 Å². The Labute approximate surface area is 84.0 Å². The first-order chi connectivity index (χ1) is 6.61. The average molecular weight is 190 g/mol. The number of amides is 2. The molecule has 74 valence electrons. The van der Waals surface area contributed by atoms with Crippen LogP contribution in [-0.4, -0.2) is 13.1 Å². The maximum atomic E-state index is 11.5. The molecule has 2 amide bonds. The molecule has 14 heavy (non-hydrogen) atoms. The van der Waals surface area contributed by atoms with Crippen molar-refractivity contribution in [2.75, 3.05) is 11.9 Å². The van der Waals surface area contributed by atoms with Gasteiger partial charge in [0.2, 0.25) is 0 Å². The van der Waals surface area contributed by atoms with Crippen molar-refractivity contribution in [1.82, 2.24) is 5.32 Å². The van der Waals surface area contributed by atoms with Gasteiger partial charge < -0.3 is 5.32 Å². The van der Waals surface area contributed by atoms with Gasteiger partial charge >= 0.3 is 6.03 Å². The van der Waals surface area contributed by atoms with Crippen molar-refractivity contribution in [2.45, 2.75) is 6.92 Å². The van der Waals surface area contributed by atoms with Gasteiger partial charge in [0.05, 0.1) is 0 Å². The second-order valence-corrected chi connectivity index (χ2v) is 3.11. The van der Waals surface area contributed by atoms with Crippen LogP contribution in [0.25, 0.3) is 0 Å².